The zero-order valence-corrected chi connectivity index (χ0v) is 27.0. The third kappa shape index (κ3) is 9.94. The van der Waals surface area contributed by atoms with Crippen LogP contribution >= 0.6 is 11.8 Å². The summed E-state index contributed by atoms with van der Waals surface area (Å²) < 4.78 is 5.89. The highest BCUT2D eigenvalue weighted by molar-refractivity contribution is 8.00. The van der Waals surface area contributed by atoms with Crippen molar-refractivity contribution in [2.45, 2.75) is 25.3 Å². The first-order chi connectivity index (χ1) is 22.8. The number of amides is 3. The maximum atomic E-state index is 13.6. The molecule has 8 heteroatoms. The second kappa shape index (κ2) is 16.1. The van der Waals surface area contributed by atoms with Gasteiger partial charge in [-0.1, -0.05) is 78.9 Å². The van der Waals surface area contributed by atoms with Crippen LogP contribution in [0.1, 0.15) is 32.6 Å². The van der Waals surface area contributed by atoms with Crippen LogP contribution in [-0.2, 0) is 16.2 Å². The molecule has 5 aromatic rings. The first-order valence-electron chi connectivity index (χ1n) is 15.1. The molecule has 0 radical (unpaired) electrons. The van der Waals surface area contributed by atoms with Gasteiger partial charge in [-0.05, 0) is 90.7 Å². The first-order valence-corrected chi connectivity index (χ1v) is 16.1. The quantitative estimate of drug-likeness (QED) is 0.0947. The minimum absolute atomic E-state index is 0.0720. The van der Waals surface area contributed by atoms with E-state index in [0.717, 1.165) is 27.3 Å². The average Bonchev–Trinajstić information content (AvgIpc) is 3.09. The number of thioether (sulfide) groups is 1. The Kier molecular flexibility index (Phi) is 11.2. The summed E-state index contributed by atoms with van der Waals surface area (Å²) in [6.45, 7) is 4.37. The zero-order valence-electron chi connectivity index (χ0n) is 26.2. The number of anilines is 2. The Morgan fingerprint density at radius 2 is 1.47 bits per heavy atom. The third-order valence-corrected chi connectivity index (χ3v) is 8.09. The summed E-state index contributed by atoms with van der Waals surface area (Å²) in [6, 6.07) is 39.0. The Labute approximate surface area is 279 Å². The van der Waals surface area contributed by atoms with Crippen LogP contribution in [-0.4, -0.2) is 23.5 Å². The topological polar surface area (TPSA) is 96.5 Å². The number of hydrogen-bond donors (Lipinski definition) is 3. The smallest absolute Gasteiger partial charge is 0.272 e. The largest absolute Gasteiger partial charge is 0.489 e. The minimum Gasteiger partial charge on any atom is -0.489 e. The van der Waals surface area contributed by atoms with Gasteiger partial charge in [-0.15, -0.1) is 11.8 Å². The molecule has 0 unspecified atom stereocenters. The molecule has 236 valence electrons. The highest BCUT2D eigenvalue weighted by Crippen LogP contribution is 2.24. The summed E-state index contributed by atoms with van der Waals surface area (Å²) in [4.78, 5) is 40.1. The SMILES string of the molecule is Cc1ccc(C)c(NC(=O)CSc2cccc(NC(=O)/C(=C\c3ccc(OCc4ccccc4)cc3)NC(=O)c3ccccc3)c2)c1. The van der Waals surface area contributed by atoms with Crippen molar-refractivity contribution in [2.24, 2.45) is 0 Å². The second-order valence-electron chi connectivity index (χ2n) is 10.9. The molecule has 0 saturated carbocycles. The van der Waals surface area contributed by atoms with Crippen LogP contribution < -0.4 is 20.7 Å². The lowest BCUT2D eigenvalue weighted by Crippen LogP contribution is -2.30. The number of hydrogen-bond acceptors (Lipinski definition) is 5. The maximum absolute atomic E-state index is 13.6. The van der Waals surface area contributed by atoms with Crippen molar-refractivity contribution >= 4 is 46.9 Å². The van der Waals surface area contributed by atoms with Crippen LogP contribution in [0.2, 0.25) is 0 Å². The lowest BCUT2D eigenvalue weighted by atomic mass is 10.1. The van der Waals surface area contributed by atoms with E-state index in [1.807, 2.05) is 98.8 Å². The Hall–Kier alpha value is -5.60. The van der Waals surface area contributed by atoms with E-state index in [4.69, 9.17) is 4.74 Å². The molecule has 7 nitrogen and oxygen atoms in total. The van der Waals surface area contributed by atoms with Crippen LogP contribution in [0.4, 0.5) is 11.4 Å². The monoisotopic (exact) mass is 641 g/mol. The van der Waals surface area contributed by atoms with Crippen LogP contribution in [0.3, 0.4) is 0 Å². The normalized spacial score (nSPS) is 11.0. The number of benzene rings is 5. The summed E-state index contributed by atoms with van der Waals surface area (Å²) in [5, 5.41) is 8.63. The van der Waals surface area contributed by atoms with Gasteiger partial charge >= 0.3 is 0 Å². The Balaban J connectivity index is 1.26. The molecule has 5 aromatic carbocycles. The fourth-order valence-corrected chi connectivity index (χ4v) is 5.33. The van der Waals surface area contributed by atoms with E-state index >= 15 is 0 Å². The van der Waals surface area contributed by atoms with Crippen LogP contribution in [0.25, 0.3) is 6.08 Å². The van der Waals surface area contributed by atoms with Gasteiger partial charge in [0, 0.05) is 21.8 Å². The van der Waals surface area contributed by atoms with Crippen molar-refractivity contribution in [1.82, 2.24) is 5.32 Å². The Bertz CT molecular complexity index is 1870. The number of nitrogens with one attached hydrogen (secondary N) is 3. The fourth-order valence-electron chi connectivity index (χ4n) is 4.58. The third-order valence-electron chi connectivity index (χ3n) is 7.10. The predicted molar refractivity (Wildman–Crippen MR) is 189 cm³/mol. The van der Waals surface area contributed by atoms with Gasteiger partial charge in [0.05, 0.1) is 5.75 Å². The molecule has 0 bridgehead atoms. The molecular weight excluding hydrogens is 607 g/mol. The Morgan fingerprint density at radius 1 is 0.745 bits per heavy atom. The summed E-state index contributed by atoms with van der Waals surface area (Å²) in [7, 11) is 0. The van der Waals surface area contributed by atoms with E-state index in [-0.39, 0.29) is 17.4 Å². The maximum Gasteiger partial charge on any atom is 0.272 e. The van der Waals surface area contributed by atoms with Crippen molar-refractivity contribution in [2.75, 3.05) is 16.4 Å². The van der Waals surface area contributed by atoms with Gasteiger partial charge in [0.1, 0.15) is 18.1 Å². The molecule has 0 aliphatic rings. The molecule has 0 atom stereocenters. The van der Waals surface area contributed by atoms with Gasteiger partial charge in [-0.25, -0.2) is 0 Å². The first kappa shape index (κ1) is 32.8. The molecule has 3 amide bonds. The molecule has 0 spiro atoms. The molecule has 0 aliphatic carbocycles. The van der Waals surface area contributed by atoms with E-state index < -0.39 is 11.8 Å². The highest BCUT2D eigenvalue weighted by atomic mass is 32.2. The number of carbonyl (C=O) groups excluding carboxylic acids is 3. The van der Waals surface area contributed by atoms with Crippen LogP contribution in [0, 0.1) is 13.8 Å². The molecule has 47 heavy (non-hydrogen) atoms. The molecule has 0 saturated heterocycles. The summed E-state index contributed by atoms with van der Waals surface area (Å²) in [6.07, 6.45) is 1.62. The molecule has 5 rings (SSSR count). The molecule has 0 fully saturated rings. The van der Waals surface area contributed by atoms with Crippen molar-refractivity contribution < 1.29 is 19.1 Å². The fraction of sp³-hybridized carbons (Fsp3) is 0.103. The van der Waals surface area contributed by atoms with Crippen LogP contribution in [0.5, 0.6) is 5.75 Å². The van der Waals surface area contributed by atoms with E-state index in [2.05, 4.69) is 16.0 Å². The van der Waals surface area contributed by atoms with Gasteiger partial charge in [0.15, 0.2) is 0 Å². The van der Waals surface area contributed by atoms with Crippen molar-refractivity contribution in [3.05, 3.63) is 161 Å². The lowest BCUT2D eigenvalue weighted by molar-refractivity contribution is -0.114. The molecule has 3 N–H and O–H groups in total. The predicted octanol–water partition coefficient (Wildman–Crippen LogP) is 8.02. The highest BCUT2D eigenvalue weighted by Gasteiger charge is 2.16. The molecule has 0 aromatic heterocycles. The number of ether oxygens (including phenoxy) is 1. The summed E-state index contributed by atoms with van der Waals surface area (Å²) >= 11 is 1.36. The second-order valence-corrected chi connectivity index (χ2v) is 11.9. The van der Waals surface area contributed by atoms with Crippen molar-refractivity contribution in [1.29, 1.82) is 0 Å². The summed E-state index contributed by atoms with van der Waals surface area (Å²) in [5.74, 6) is -0.137. The molecule has 0 aliphatic heterocycles. The molecule has 0 heterocycles. The van der Waals surface area contributed by atoms with Crippen LogP contribution in [0.15, 0.2) is 138 Å². The average molecular weight is 642 g/mol. The number of carbonyl (C=O) groups is 3. The van der Waals surface area contributed by atoms with Gasteiger partial charge in [-0.3, -0.25) is 14.4 Å². The molecular formula is C39H35N3O4S. The summed E-state index contributed by atoms with van der Waals surface area (Å²) in [5.41, 5.74) is 5.64. The Morgan fingerprint density at radius 3 is 2.21 bits per heavy atom. The van der Waals surface area contributed by atoms with E-state index in [1.165, 1.54) is 11.8 Å². The lowest BCUT2D eigenvalue weighted by Gasteiger charge is -2.13. The number of rotatable bonds is 12. The standard InChI is InChI=1S/C39H35N3O4S/c1-27-16-17-28(2)35(22-27)41-37(43)26-47-34-15-9-14-32(24-34)40-39(45)36(42-38(44)31-12-7-4-8-13-31)23-29-18-20-33(21-19-29)46-25-30-10-5-3-6-11-30/h3-24H,25-26H2,1-2H3,(H,40,45)(H,41,43)(H,42,44)/b36-23+. The zero-order chi connectivity index (χ0) is 33.0. The number of aryl methyl sites for hydroxylation is 2. The van der Waals surface area contributed by atoms with E-state index in [0.29, 0.717) is 29.2 Å². The van der Waals surface area contributed by atoms with Gasteiger partial charge in [0.2, 0.25) is 5.91 Å². The minimum atomic E-state index is -0.492. The van der Waals surface area contributed by atoms with Gasteiger partial charge < -0.3 is 20.7 Å². The van der Waals surface area contributed by atoms with Gasteiger partial charge in [0.25, 0.3) is 11.8 Å². The van der Waals surface area contributed by atoms with Gasteiger partial charge in [-0.2, -0.15) is 0 Å². The van der Waals surface area contributed by atoms with E-state index in [1.54, 1.807) is 48.5 Å². The van der Waals surface area contributed by atoms with Crippen molar-refractivity contribution in [3.63, 3.8) is 0 Å². The van der Waals surface area contributed by atoms with E-state index in [9.17, 15) is 14.4 Å². The van der Waals surface area contributed by atoms with Crippen molar-refractivity contribution in [3.8, 4) is 5.75 Å².